The summed E-state index contributed by atoms with van der Waals surface area (Å²) < 4.78 is 0. The first-order chi connectivity index (χ1) is 18.6. The lowest BCUT2D eigenvalue weighted by Gasteiger charge is -2.34. The lowest BCUT2D eigenvalue weighted by atomic mass is 10.0. The topological polar surface area (TPSA) is 197 Å². The Hall–Kier alpha value is -4.61. The molecular formula is C27H35N5O7. The molecule has 0 saturated carbocycles. The van der Waals surface area contributed by atoms with Crippen LogP contribution in [0.25, 0.3) is 0 Å². The zero-order chi connectivity index (χ0) is 28.8. The van der Waals surface area contributed by atoms with Crippen LogP contribution < -0.4 is 11.1 Å². The summed E-state index contributed by atoms with van der Waals surface area (Å²) in [7, 11) is 0. The Labute approximate surface area is 226 Å². The Morgan fingerprint density at radius 2 is 1.51 bits per heavy atom. The van der Waals surface area contributed by atoms with Gasteiger partial charge in [0.15, 0.2) is 5.96 Å². The third-order valence-corrected chi connectivity index (χ3v) is 5.90. The molecule has 0 saturated heterocycles. The first kappa shape index (κ1) is 30.6. The van der Waals surface area contributed by atoms with Gasteiger partial charge in [0.25, 0.3) is 0 Å². The van der Waals surface area contributed by atoms with Gasteiger partial charge in [-0.05, 0) is 48.9 Å². The number of carboxylic acids is 2. The van der Waals surface area contributed by atoms with Gasteiger partial charge in [-0.1, -0.05) is 42.5 Å². The molecule has 0 aromatic heterocycles. The predicted molar refractivity (Wildman–Crippen MR) is 143 cm³/mol. The normalized spacial score (nSPS) is 11.3. The van der Waals surface area contributed by atoms with Crippen molar-refractivity contribution in [3.8, 4) is 5.75 Å². The second-order valence-corrected chi connectivity index (χ2v) is 9.01. The van der Waals surface area contributed by atoms with Gasteiger partial charge in [0.1, 0.15) is 24.9 Å². The summed E-state index contributed by atoms with van der Waals surface area (Å²) in [5.41, 5.74) is 7.00. The minimum Gasteiger partial charge on any atom is -0.508 e. The molecule has 1 atom stereocenters. The van der Waals surface area contributed by atoms with Crippen molar-refractivity contribution in [3.05, 3.63) is 65.7 Å². The third kappa shape index (κ3) is 11.1. The maximum absolute atomic E-state index is 13.6. The summed E-state index contributed by atoms with van der Waals surface area (Å²) in [5.74, 6) is -4.19. The summed E-state index contributed by atoms with van der Waals surface area (Å²) in [5, 5.41) is 38.2. The summed E-state index contributed by atoms with van der Waals surface area (Å²) in [6.45, 7) is -1.49. The molecule has 2 amide bonds. The number of guanidine groups is 1. The Morgan fingerprint density at radius 1 is 0.897 bits per heavy atom. The average Bonchev–Trinajstić information content (AvgIpc) is 2.88. The average molecular weight is 542 g/mol. The minimum absolute atomic E-state index is 0.0189. The number of rotatable bonds is 16. The maximum atomic E-state index is 13.6. The number of nitrogens with two attached hydrogens (primary N) is 1. The van der Waals surface area contributed by atoms with Gasteiger partial charge in [-0.2, -0.15) is 0 Å². The third-order valence-electron chi connectivity index (χ3n) is 5.90. The number of phenols is 1. The molecule has 0 heterocycles. The highest BCUT2D eigenvalue weighted by atomic mass is 16.4. The number of nitrogens with one attached hydrogen (secondary N) is 2. The number of hydrogen-bond acceptors (Lipinski definition) is 6. The molecule has 2 aromatic rings. The number of amides is 2. The molecular weight excluding hydrogens is 506 g/mol. The Kier molecular flexibility index (Phi) is 12.2. The molecule has 12 nitrogen and oxygen atoms in total. The van der Waals surface area contributed by atoms with E-state index < -0.39 is 37.0 Å². The number of carboxylic acid groups (broad SMARTS) is 2. The monoisotopic (exact) mass is 541 g/mol. The van der Waals surface area contributed by atoms with E-state index in [2.05, 4.69) is 5.32 Å². The van der Waals surface area contributed by atoms with E-state index in [4.69, 9.17) is 11.1 Å². The van der Waals surface area contributed by atoms with E-state index >= 15 is 0 Å². The van der Waals surface area contributed by atoms with Gasteiger partial charge in [0, 0.05) is 19.5 Å². The molecule has 12 heteroatoms. The fourth-order valence-electron chi connectivity index (χ4n) is 4.08. The minimum atomic E-state index is -1.39. The largest absolute Gasteiger partial charge is 0.508 e. The number of carbonyl (C=O) groups excluding carboxylic acids is 2. The number of aliphatic carboxylic acids is 2. The number of phenolic OH excluding ortho intramolecular Hbond substituents is 1. The fourth-order valence-corrected chi connectivity index (χ4v) is 4.08. The Morgan fingerprint density at radius 3 is 2.08 bits per heavy atom. The van der Waals surface area contributed by atoms with E-state index in [9.17, 15) is 34.5 Å². The highest BCUT2D eigenvalue weighted by Gasteiger charge is 2.34. The van der Waals surface area contributed by atoms with Gasteiger partial charge in [0.05, 0.1) is 0 Å². The van der Waals surface area contributed by atoms with E-state index in [1.807, 2.05) is 30.3 Å². The van der Waals surface area contributed by atoms with Gasteiger partial charge in [-0.25, -0.2) is 0 Å². The molecule has 2 rings (SSSR count). The second-order valence-electron chi connectivity index (χ2n) is 9.01. The zero-order valence-electron chi connectivity index (χ0n) is 21.6. The van der Waals surface area contributed by atoms with Gasteiger partial charge in [-0.15, -0.1) is 0 Å². The van der Waals surface area contributed by atoms with Crippen molar-refractivity contribution < 1.29 is 34.5 Å². The summed E-state index contributed by atoms with van der Waals surface area (Å²) in [4.78, 5) is 52.0. The van der Waals surface area contributed by atoms with Gasteiger partial charge < -0.3 is 36.2 Å². The highest BCUT2D eigenvalue weighted by Crippen LogP contribution is 2.20. The molecule has 0 unspecified atom stereocenters. The van der Waals surface area contributed by atoms with Crippen molar-refractivity contribution in [3.63, 3.8) is 0 Å². The number of nitrogens with zero attached hydrogens (tertiary/aromatic N) is 2. The quantitative estimate of drug-likeness (QED) is 0.103. The maximum Gasteiger partial charge on any atom is 0.323 e. The van der Waals surface area contributed by atoms with Crippen LogP contribution >= 0.6 is 0 Å². The van der Waals surface area contributed by atoms with Crippen LogP contribution in [0.15, 0.2) is 54.6 Å². The number of carbonyl (C=O) groups is 4. The van der Waals surface area contributed by atoms with Crippen LogP contribution in [-0.2, 0) is 32.1 Å². The summed E-state index contributed by atoms with van der Waals surface area (Å²) in [6, 6.07) is 14.5. The molecule has 2 aromatic carbocycles. The summed E-state index contributed by atoms with van der Waals surface area (Å²) >= 11 is 0. The lowest BCUT2D eigenvalue weighted by Crippen LogP contribution is -2.53. The van der Waals surface area contributed by atoms with Crippen molar-refractivity contribution in [2.45, 2.75) is 44.7 Å². The van der Waals surface area contributed by atoms with Crippen molar-refractivity contribution >= 4 is 29.7 Å². The fraction of sp³-hybridized carbons (Fsp3) is 0.370. The molecule has 0 spiro atoms. The first-order valence-corrected chi connectivity index (χ1v) is 12.5. The van der Waals surface area contributed by atoms with Crippen molar-refractivity contribution in [1.29, 1.82) is 5.41 Å². The van der Waals surface area contributed by atoms with Crippen LogP contribution in [0.2, 0.25) is 0 Å². The SMILES string of the molecule is N=C(N)NCCC[C@H](C(=O)N(CC(=O)O)CC(=O)O)N(Cc1ccc(O)cc1)C(=O)CCCc1ccccc1. The lowest BCUT2D eigenvalue weighted by molar-refractivity contribution is -0.154. The number of benzene rings is 2. The number of aryl methyl sites for hydroxylation is 1. The van der Waals surface area contributed by atoms with E-state index in [0.717, 1.165) is 5.56 Å². The zero-order valence-corrected chi connectivity index (χ0v) is 21.6. The van der Waals surface area contributed by atoms with Crippen LogP contribution in [0.5, 0.6) is 5.75 Å². The van der Waals surface area contributed by atoms with Crippen LogP contribution in [0.3, 0.4) is 0 Å². The van der Waals surface area contributed by atoms with Crippen LogP contribution in [0, 0.1) is 5.41 Å². The molecule has 39 heavy (non-hydrogen) atoms. The second kappa shape index (κ2) is 15.6. The molecule has 0 radical (unpaired) electrons. The molecule has 0 aliphatic rings. The number of aromatic hydroxyl groups is 1. The van der Waals surface area contributed by atoms with Gasteiger partial charge in [-0.3, -0.25) is 24.6 Å². The number of hydrogen-bond donors (Lipinski definition) is 6. The Balaban J connectivity index is 2.36. The first-order valence-electron chi connectivity index (χ1n) is 12.5. The van der Waals surface area contributed by atoms with Crippen LogP contribution in [0.1, 0.15) is 36.8 Å². The molecule has 7 N–H and O–H groups in total. The molecule has 0 aliphatic heterocycles. The highest BCUT2D eigenvalue weighted by molar-refractivity contribution is 5.91. The van der Waals surface area contributed by atoms with Gasteiger partial charge >= 0.3 is 11.9 Å². The van der Waals surface area contributed by atoms with Crippen molar-refractivity contribution in [1.82, 2.24) is 15.1 Å². The van der Waals surface area contributed by atoms with Crippen LogP contribution in [-0.4, -0.2) is 80.5 Å². The summed E-state index contributed by atoms with van der Waals surface area (Å²) in [6.07, 6.45) is 1.58. The van der Waals surface area contributed by atoms with Gasteiger partial charge in [0.2, 0.25) is 11.8 Å². The van der Waals surface area contributed by atoms with Crippen molar-refractivity contribution in [2.75, 3.05) is 19.6 Å². The van der Waals surface area contributed by atoms with E-state index in [1.54, 1.807) is 12.1 Å². The smallest absolute Gasteiger partial charge is 0.323 e. The van der Waals surface area contributed by atoms with Crippen molar-refractivity contribution in [2.24, 2.45) is 5.73 Å². The molecule has 0 aliphatic carbocycles. The predicted octanol–water partition coefficient (Wildman–Crippen LogP) is 1.37. The van der Waals surface area contributed by atoms with E-state index in [-0.39, 0.29) is 50.0 Å². The van der Waals surface area contributed by atoms with E-state index in [1.165, 1.54) is 17.0 Å². The molecule has 210 valence electrons. The van der Waals surface area contributed by atoms with E-state index in [0.29, 0.717) is 23.3 Å². The standard InChI is InChI=1S/C27H35N5O7/c28-27(29)30-15-5-9-22(26(39)31(17-24(35)36)18-25(37)38)32(16-20-11-13-21(33)14-12-20)23(34)10-4-8-19-6-2-1-3-7-19/h1-3,6-7,11-14,22,33H,4-5,8-10,15-18H2,(H,35,36)(H,37,38)(H4,28,29,30)/t22-/m1/s1. The molecule has 0 fully saturated rings. The van der Waals surface area contributed by atoms with Crippen LogP contribution in [0.4, 0.5) is 0 Å². The Bertz CT molecular complexity index is 1110. The molecule has 0 bridgehead atoms.